The lowest BCUT2D eigenvalue weighted by Crippen LogP contribution is -2.70. The van der Waals surface area contributed by atoms with E-state index in [2.05, 4.69) is 6.92 Å². The molecule has 2 bridgehead atoms. The van der Waals surface area contributed by atoms with Crippen molar-refractivity contribution in [1.29, 1.82) is 0 Å². The average Bonchev–Trinajstić information content (AvgIpc) is 3.23. The summed E-state index contributed by atoms with van der Waals surface area (Å²) in [7, 11) is 3.07. The zero-order valence-electron chi connectivity index (χ0n) is 24.7. The highest BCUT2D eigenvalue weighted by molar-refractivity contribution is 6.07. The first-order valence-corrected chi connectivity index (χ1v) is 14.6. The zero-order valence-corrected chi connectivity index (χ0v) is 24.7. The van der Waals surface area contributed by atoms with Crippen molar-refractivity contribution in [2.75, 3.05) is 14.2 Å². The number of hydrogen-bond donors (Lipinski definition) is 0. The van der Waals surface area contributed by atoms with Gasteiger partial charge in [-0.15, -0.1) is 0 Å². The SMILES string of the molecule is COc1ccc(C(=O)/C=C/c2ccc(C(=O)OC3O[C@@H]4OC5(C)CCC6[C@H](C)CCC([C@H]3C)[C@]64OO5)cc2)cc1OC. The average molecular weight is 579 g/mol. The van der Waals surface area contributed by atoms with Gasteiger partial charge in [0.05, 0.1) is 19.8 Å². The maximum absolute atomic E-state index is 13.2. The summed E-state index contributed by atoms with van der Waals surface area (Å²) in [6.45, 7) is 6.18. The van der Waals surface area contributed by atoms with Crippen LogP contribution in [-0.2, 0) is 24.0 Å². The molecule has 5 aliphatic rings. The van der Waals surface area contributed by atoms with Crippen LogP contribution in [0.3, 0.4) is 0 Å². The molecule has 7 rings (SSSR count). The summed E-state index contributed by atoms with van der Waals surface area (Å²) in [6.07, 6.45) is 5.35. The number of rotatable bonds is 7. The summed E-state index contributed by atoms with van der Waals surface area (Å²) in [5.41, 5.74) is 0.918. The third-order valence-corrected chi connectivity index (χ3v) is 9.56. The summed E-state index contributed by atoms with van der Waals surface area (Å²) in [5.74, 6) is 0.121. The number of ether oxygens (including phenoxy) is 5. The summed E-state index contributed by atoms with van der Waals surface area (Å²) < 4.78 is 29.2. The van der Waals surface area contributed by atoms with E-state index in [0.29, 0.717) is 28.5 Å². The second-order valence-electron chi connectivity index (χ2n) is 12.1. The highest BCUT2D eigenvalue weighted by atomic mass is 17.3. The number of benzene rings is 2. The van der Waals surface area contributed by atoms with Crippen molar-refractivity contribution in [2.45, 2.75) is 70.4 Å². The molecule has 4 saturated heterocycles. The fourth-order valence-electron chi connectivity index (χ4n) is 7.17. The van der Waals surface area contributed by atoms with Gasteiger partial charge in [0.15, 0.2) is 29.2 Å². The molecule has 0 N–H and O–H groups in total. The normalized spacial score (nSPS) is 35.3. The van der Waals surface area contributed by atoms with Crippen molar-refractivity contribution >= 4 is 17.8 Å². The molecule has 1 spiro atoms. The van der Waals surface area contributed by atoms with Crippen LogP contribution in [0.2, 0.25) is 0 Å². The van der Waals surface area contributed by atoms with Crippen molar-refractivity contribution in [3.63, 3.8) is 0 Å². The van der Waals surface area contributed by atoms with E-state index in [1.165, 1.54) is 13.2 Å². The van der Waals surface area contributed by atoms with Crippen LogP contribution >= 0.6 is 0 Å². The van der Waals surface area contributed by atoms with E-state index in [9.17, 15) is 9.59 Å². The molecule has 9 heteroatoms. The maximum Gasteiger partial charge on any atom is 0.340 e. The van der Waals surface area contributed by atoms with E-state index < -0.39 is 29.9 Å². The van der Waals surface area contributed by atoms with Crippen LogP contribution in [0.1, 0.15) is 72.7 Å². The third-order valence-electron chi connectivity index (χ3n) is 9.56. The highest BCUT2D eigenvalue weighted by Gasteiger charge is 2.69. The lowest BCUT2D eigenvalue weighted by atomic mass is 9.58. The van der Waals surface area contributed by atoms with Gasteiger partial charge in [-0.3, -0.25) is 4.79 Å². The molecule has 2 aromatic rings. The fraction of sp³-hybridized carbons (Fsp3) is 0.515. The summed E-state index contributed by atoms with van der Waals surface area (Å²) in [5, 5.41) is 0. The van der Waals surface area contributed by atoms with Gasteiger partial charge in [-0.1, -0.05) is 32.1 Å². The van der Waals surface area contributed by atoms with E-state index in [-0.39, 0.29) is 23.5 Å². The van der Waals surface area contributed by atoms with Crippen molar-refractivity contribution in [3.8, 4) is 11.5 Å². The van der Waals surface area contributed by atoms with E-state index in [0.717, 1.165) is 31.2 Å². The molecular formula is C33H38O9. The third kappa shape index (κ3) is 4.92. The summed E-state index contributed by atoms with van der Waals surface area (Å²) in [6, 6.07) is 11.9. The van der Waals surface area contributed by atoms with Gasteiger partial charge < -0.3 is 23.7 Å². The van der Waals surface area contributed by atoms with Crippen LogP contribution in [-0.4, -0.2) is 49.9 Å². The first kappa shape index (κ1) is 28.9. The second-order valence-corrected chi connectivity index (χ2v) is 12.1. The Morgan fingerprint density at radius 2 is 1.64 bits per heavy atom. The van der Waals surface area contributed by atoms with Gasteiger partial charge in [0, 0.05) is 23.8 Å². The van der Waals surface area contributed by atoms with Crippen LogP contribution in [0.4, 0.5) is 0 Å². The number of carbonyl (C=O) groups excluding carboxylic acids is 2. The molecule has 4 heterocycles. The largest absolute Gasteiger partial charge is 0.493 e. The van der Waals surface area contributed by atoms with E-state index in [1.807, 2.05) is 13.8 Å². The van der Waals surface area contributed by atoms with Gasteiger partial charge >= 0.3 is 5.97 Å². The molecule has 5 fully saturated rings. The van der Waals surface area contributed by atoms with Gasteiger partial charge in [0.2, 0.25) is 12.1 Å². The van der Waals surface area contributed by atoms with Crippen molar-refractivity contribution in [2.24, 2.45) is 23.7 Å². The molecular weight excluding hydrogens is 540 g/mol. The number of allylic oxidation sites excluding steroid dienone is 1. The van der Waals surface area contributed by atoms with Crippen LogP contribution in [0.15, 0.2) is 48.5 Å². The number of hydrogen-bond acceptors (Lipinski definition) is 9. The van der Waals surface area contributed by atoms with Crippen LogP contribution in [0.25, 0.3) is 6.08 Å². The van der Waals surface area contributed by atoms with Crippen molar-refractivity contribution < 1.29 is 43.0 Å². The molecule has 9 nitrogen and oxygen atoms in total. The number of carbonyl (C=O) groups is 2. The monoisotopic (exact) mass is 578 g/mol. The minimum atomic E-state index is -0.892. The first-order valence-electron chi connectivity index (χ1n) is 14.6. The minimum Gasteiger partial charge on any atom is -0.493 e. The molecule has 224 valence electrons. The predicted octanol–water partition coefficient (Wildman–Crippen LogP) is 5.96. The number of fused-ring (bicyclic) bond motifs is 2. The quantitative estimate of drug-likeness (QED) is 0.170. The molecule has 0 radical (unpaired) electrons. The van der Waals surface area contributed by atoms with E-state index in [4.69, 9.17) is 33.5 Å². The Labute approximate surface area is 245 Å². The second kappa shape index (κ2) is 11.1. The Bertz CT molecular complexity index is 1370. The molecule has 0 amide bonds. The van der Waals surface area contributed by atoms with Gasteiger partial charge in [-0.2, -0.15) is 0 Å². The van der Waals surface area contributed by atoms with Gasteiger partial charge in [0.1, 0.15) is 0 Å². The number of methoxy groups -OCH3 is 2. The molecule has 0 aromatic heterocycles. The maximum atomic E-state index is 13.2. The van der Waals surface area contributed by atoms with Crippen molar-refractivity contribution in [1.82, 2.24) is 0 Å². The lowest BCUT2D eigenvalue weighted by Gasteiger charge is -2.59. The number of ketones is 1. The molecule has 1 saturated carbocycles. The van der Waals surface area contributed by atoms with Crippen LogP contribution in [0, 0.1) is 23.7 Å². The van der Waals surface area contributed by atoms with Gasteiger partial charge in [-0.25, -0.2) is 14.6 Å². The van der Waals surface area contributed by atoms with E-state index in [1.54, 1.807) is 55.7 Å². The van der Waals surface area contributed by atoms with Crippen molar-refractivity contribution in [3.05, 3.63) is 65.2 Å². The Morgan fingerprint density at radius 3 is 2.38 bits per heavy atom. The lowest BCUT2D eigenvalue weighted by molar-refractivity contribution is -0.576. The molecule has 8 atom stereocenters. The van der Waals surface area contributed by atoms with Crippen LogP contribution in [0.5, 0.6) is 11.5 Å². The zero-order chi connectivity index (χ0) is 29.6. The molecule has 42 heavy (non-hydrogen) atoms. The van der Waals surface area contributed by atoms with Gasteiger partial charge in [0.25, 0.3) is 0 Å². The van der Waals surface area contributed by atoms with E-state index >= 15 is 0 Å². The Kier molecular flexibility index (Phi) is 7.64. The Morgan fingerprint density at radius 1 is 0.905 bits per heavy atom. The highest BCUT2D eigenvalue weighted by Crippen LogP contribution is 2.60. The predicted molar refractivity (Wildman–Crippen MR) is 152 cm³/mol. The van der Waals surface area contributed by atoms with Crippen LogP contribution < -0.4 is 9.47 Å². The molecule has 1 aliphatic carbocycles. The summed E-state index contributed by atoms with van der Waals surface area (Å²) in [4.78, 5) is 37.9. The Balaban J connectivity index is 1.13. The van der Waals surface area contributed by atoms with Gasteiger partial charge in [-0.05, 0) is 80.0 Å². The molecule has 4 aliphatic heterocycles. The molecule has 2 aromatic carbocycles. The minimum absolute atomic E-state index is 0.0635. The Hall–Kier alpha value is -3.24. The molecule has 4 unspecified atom stereocenters. The fourth-order valence-corrected chi connectivity index (χ4v) is 7.17. The smallest absolute Gasteiger partial charge is 0.340 e. The topological polar surface area (TPSA) is 98.8 Å². The standard InChI is InChI=1S/C33H38O9/c1-19-6-13-25-20(2)30(39-31-33(25)24(19)16-17-32(3,40-31)41-42-33)38-29(35)22-10-7-21(8-11-22)9-14-26(34)23-12-15-27(36-4)28(18-23)37-5/h7-12,14-15,18-20,24-25,30-31H,6,13,16-17H2,1-5H3/b14-9+/t19-,20-,24?,25?,30?,31-,32?,33-/m1/s1. The first-order chi connectivity index (χ1) is 20.2. The summed E-state index contributed by atoms with van der Waals surface area (Å²) >= 11 is 0. The number of esters is 1.